The Kier molecular flexibility index (Phi) is 4.21. The third-order valence-electron chi connectivity index (χ3n) is 5.26. The predicted molar refractivity (Wildman–Crippen MR) is 96.8 cm³/mol. The van der Waals surface area contributed by atoms with E-state index in [0.717, 1.165) is 36.7 Å². The summed E-state index contributed by atoms with van der Waals surface area (Å²) in [6.45, 7) is 5.05. The SMILES string of the molecule is CCn1ccnc1[C@@H]1OCC[C@H]1C(=O)N1CCN(C)c2ccccc21. The molecule has 6 heteroatoms. The third-order valence-corrected chi connectivity index (χ3v) is 5.26. The Labute approximate surface area is 148 Å². The second kappa shape index (κ2) is 6.52. The van der Waals surface area contributed by atoms with Crippen molar-refractivity contribution in [1.82, 2.24) is 9.55 Å². The maximum Gasteiger partial charge on any atom is 0.233 e. The summed E-state index contributed by atoms with van der Waals surface area (Å²) in [7, 11) is 2.07. The number of ether oxygens (including phenoxy) is 1. The number of benzene rings is 1. The number of amides is 1. The van der Waals surface area contributed by atoms with Crippen LogP contribution >= 0.6 is 0 Å². The Hall–Kier alpha value is -2.34. The molecule has 2 aromatic rings. The fourth-order valence-electron chi connectivity index (χ4n) is 3.88. The van der Waals surface area contributed by atoms with Gasteiger partial charge in [-0.3, -0.25) is 4.79 Å². The fraction of sp³-hybridized carbons (Fsp3) is 0.474. The summed E-state index contributed by atoms with van der Waals surface area (Å²) in [6, 6.07) is 8.11. The van der Waals surface area contributed by atoms with Gasteiger partial charge in [0.05, 0.1) is 17.3 Å². The van der Waals surface area contributed by atoms with Crippen molar-refractivity contribution in [2.45, 2.75) is 26.0 Å². The molecule has 0 spiro atoms. The molecule has 2 atom stereocenters. The van der Waals surface area contributed by atoms with E-state index < -0.39 is 0 Å². The average molecular weight is 340 g/mol. The molecule has 2 aliphatic rings. The van der Waals surface area contributed by atoms with Crippen LogP contribution in [0.25, 0.3) is 0 Å². The molecule has 1 saturated heterocycles. The molecule has 0 aliphatic carbocycles. The van der Waals surface area contributed by atoms with E-state index in [-0.39, 0.29) is 17.9 Å². The molecule has 1 aromatic carbocycles. The lowest BCUT2D eigenvalue weighted by molar-refractivity contribution is -0.124. The normalized spacial score (nSPS) is 23.0. The van der Waals surface area contributed by atoms with E-state index in [2.05, 4.69) is 34.5 Å². The standard InChI is InChI=1S/C19H24N4O2/c1-3-22-10-9-20-18(22)17-14(8-13-25-17)19(24)23-12-11-21(2)15-6-4-5-7-16(15)23/h4-7,9-10,14,17H,3,8,11-13H2,1-2H3/t14-,17-/m1/s1. The molecule has 0 bridgehead atoms. The van der Waals surface area contributed by atoms with Crippen molar-refractivity contribution in [3.8, 4) is 0 Å². The average Bonchev–Trinajstić information content (AvgIpc) is 3.30. The van der Waals surface area contributed by atoms with Crippen LogP contribution in [0, 0.1) is 5.92 Å². The van der Waals surface area contributed by atoms with Crippen molar-refractivity contribution in [3.05, 3.63) is 42.5 Å². The van der Waals surface area contributed by atoms with Gasteiger partial charge in [0, 0.05) is 45.7 Å². The molecule has 0 N–H and O–H groups in total. The summed E-state index contributed by atoms with van der Waals surface area (Å²) in [5.74, 6) is 0.832. The van der Waals surface area contributed by atoms with Gasteiger partial charge in [0.2, 0.25) is 5.91 Å². The minimum absolute atomic E-state index is 0.147. The van der Waals surface area contributed by atoms with Gasteiger partial charge in [-0.1, -0.05) is 12.1 Å². The monoisotopic (exact) mass is 340 g/mol. The van der Waals surface area contributed by atoms with Crippen LogP contribution in [0.3, 0.4) is 0 Å². The highest BCUT2D eigenvalue weighted by atomic mass is 16.5. The van der Waals surface area contributed by atoms with Crippen LogP contribution in [0.2, 0.25) is 0 Å². The minimum atomic E-state index is -0.255. The van der Waals surface area contributed by atoms with Crippen molar-refractivity contribution in [2.75, 3.05) is 36.5 Å². The molecule has 0 radical (unpaired) electrons. The van der Waals surface area contributed by atoms with E-state index in [9.17, 15) is 4.79 Å². The summed E-state index contributed by atoms with van der Waals surface area (Å²) >= 11 is 0. The van der Waals surface area contributed by atoms with E-state index in [4.69, 9.17) is 4.74 Å². The quantitative estimate of drug-likeness (QED) is 0.861. The van der Waals surface area contributed by atoms with E-state index in [1.807, 2.05) is 29.3 Å². The molecular formula is C19H24N4O2. The zero-order valence-electron chi connectivity index (χ0n) is 14.8. The summed E-state index contributed by atoms with van der Waals surface area (Å²) in [6.07, 6.45) is 4.22. The van der Waals surface area contributed by atoms with Crippen LogP contribution in [0.5, 0.6) is 0 Å². The highest BCUT2D eigenvalue weighted by molar-refractivity contribution is 5.99. The lowest BCUT2D eigenvalue weighted by Gasteiger charge is -2.37. The molecule has 1 fully saturated rings. The smallest absolute Gasteiger partial charge is 0.233 e. The zero-order chi connectivity index (χ0) is 17.4. The van der Waals surface area contributed by atoms with Crippen LogP contribution in [0.1, 0.15) is 25.3 Å². The Bertz CT molecular complexity index is 772. The number of hydrogen-bond donors (Lipinski definition) is 0. The van der Waals surface area contributed by atoms with Gasteiger partial charge in [-0.2, -0.15) is 0 Å². The van der Waals surface area contributed by atoms with Crippen molar-refractivity contribution in [2.24, 2.45) is 5.92 Å². The third kappa shape index (κ3) is 2.70. The predicted octanol–water partition coefficient (Wildman–Crippen LogP) is 2.46. The number of carbonyl (C=O) groups excluding carboxylic acids is 1. The van der Waals surface area contributed by atoms with Crippen molar-refractivity contribution < 1.29 is 9.53 Å². The number of anilines is 2. The van der Waals surface area contributed by atoms with Gasteiger partial charge < -0.3 is 19.1 Å². The Morgan fingerprint density at radius 1 is 1.28 bits per heavy atom. The van der Waals surface area contributed by atoms with E-state index in [0.29, 0.717) is 13.2 Å². The van der Waals surface area contributed by atoms with Gasteiger partial charge in [0.15, 0.2) is 0 Å². The number of aryl methyl sites for hydroxylation is 1. The maximum atomic E-state index is 13.4. The van der Waals surface area contributed by atoms with Gasteiger partial charge in [0.25, 0.3) is 0 Å². The number of aromatic nitrogens is 2. The molecule has 1 aromatic heterocycles. The van der Waals surface area contributed by atoms with E-state index >= 15 is 0 Å². The molecule has 25 heavy (non-hydrogen) atoms. The minimum Gasteiger partial charge on any atom is -0.371 e. The summed E-state index contributed by atoms with van der Waals surface area (Å²) in [5, 5.41) is 0. The first-order valence-corrected chi connectivity index (χ1v) is 8.95. The second-order valence-corrected chi connectivity index (χ2v) is 6.66. The number of likely N-dealkylation sites (N-methyl/N-ethyl adjacent to an activating group) is 1. The molecule has 6 nitrogen and oxygen atoms in total. The first-order chi connectivity index (χ1) is 12.2. The molecule has 0 saturated carbocycles. The van der Waals surface area contributed by atoms with E-state index in [1.54, 1.807) is 6.20 Å². The molecule has 3 heterocycles. The lowest BCUT2D eigenvalue weighted by atomic mass is 9.97. The van der Waals surface area contributed by atoms with E-state index in [1.165, 1.54) is 0 Å². The zero-order valence-corrected chi connectivity index (χ0v) is 14.8. The van der Waals surface area contributed by atoms with Gasteiger partial charge in [-0.05, 0) is 25.5 Å². The number of imidazole rings is 1. The lowest BCUT2D eigenvalue weighted by Crippen LogP contribution is -2.45. The van der Waals surface area contributed by atoms with Crippen LogP contribution in [0.15, 0.2) is 36.7 Å². The summed E-state index contributed by atoms with van der Waals surface area (Å²) in [4.78, 5) is 22.0. The van der Waals surface area contributed by atoms with Crippen molar-refractivity contribution >= 4 is 17.3 Å². The maximum absolute atomic E-state index is 13.4. The Morgan fingerprint density at radius 2 is 2.08 bits per heavy atom. The first kappa shape index (κ1) is 16.1. The molecule has 0 unspecified atom stereocenters. The van der Waals surface area contributed by atoms with Crippen molar-refractivity contribution in [1.29, 1.82) is 0 Å². The number of fused-ring (bicyclic) bond motifs is 1. The van der Waals surface area contributed by atoms with Gasteiger partial charge in [0.1, 0.15) is 11.9 Å². The molecule has 2 aliphatic heterocycles. The van der Waals surface area contributed by atoms with Crippen LogP contribution < -0.4 is 9.80 Å². The number of nitrogens with zero attached hydrogens (tertiary/aromatic N) is 4. The second-order valence-electron chi connectivity index (χ2n) is 6.66. The molecular weight excluding hydrogens is 316 g/mol. The number of carbonyl (C=O) groups is 1. The first-order valence-electron chi connectivity index (χ1n) is 8.95. The van der Waals surface area contributed by atoms with Crippen molar-refractivity contribution in [3.63, 3.8) is 0 Å². The van der Waals surface area contributed by atoms with Gasteiger partial charge in [-0.15, -0.1) is 0 Å². The van der Waals surface area contributed by atoms with Gasteiger partial charge in [-0.25, -0.2) is 4.98 Å². The Balaban J connectivity index is 1.64. The number of hydrogen-bond acceptors (Lipinski definition) is 4. The summed E-state index contributed by atoms with van der Waals surface area (Å²) < 4.78 is 8.00. The largest absolute Gasteiger partial charge is 0.371 e. The Morgan fingerprint density at radius 3 is 2.88 bits per heavy atom. The molecule has 132 valence electrons. The van der Waals surface area contributed by atoms with Crippen LogP contribution in [-0.2, 0) is 16.1 Å². The van der Waals surface area contributed by atoms with Crippen LogP contribution in [-0.4, -0.2) is 42.2 Å². The molecule has 1 amide bonds. The number of rotatable bonds is 3. The topological polar surface area (TPSA) is 50.6 Å². The van der Waals surface area contributed by atoms with Crippen LogP contribution in [0.4, 0.5) is 11.4 Å². The fourth-order valence-corrected chi connectivity index (χ4v) is 3.88. The highest BCUT2D eigenvalue weighted by Gasteiger charge is 2.41. The highest BCUT2D eigenvalue weighted by Crippen LogP contribution is 2.39. The number of para-hydroxylation sites is 2. The summed E-state index contributed by atoms with van der Waals surface area (Å²) in [5.41, 5.74) is 2.10. The molecule has 4 rings (SSSR count). The van der Waals surface area contributed by atoms with Gasteiger partial charge >= 0.3 is 0 Å².